The SMILES string of the molecule is C=C(C)C=C=CCC(=C)CCCC. The minimum absolute atomic E-state index is 0.948. The first kappa shape index (κ1) is 12.0. The van der Waals surface area contributed by atoms with Gasteiger partial charge in [0.15, 0.2) is 0 Å². The van der Waals surface area contributed by atoms with Gasteiger partial charge in [0.1, 0.15) is 0 Å². The summed E-state index contributed by atoms with van der Waals surface area (Å²) in [7, 11) is 0. The van der Waals surface area contributed by atoms with Crippen LogP contribution in [-0.2, 0) is 0 Å². The normalized spacial score (nSPS) is 8.77. The largest absolute Gasteiger partial charge is 0.125 e. The third-order valence-electron chi connectivity index (χ3n) is 1.72. The Morgan fingerprint density at radius 3 is 2.62 bits per heavy atom. The van der Waals surface area contributed by atoms with E-state index in [1.807, 2.05) is 19.1 Å². The quantitative estimate of drug-likeness (QED) is 0.319. The standard InChI is InChI=1S/C13H20/c1-5-6-10-13(4)11-8-7-9-12(2)3/h8-9H,2,4-6,10-11H2,1,3H3. The molecule has 0 aromatic rings. The fourth-order valence-corrected chi connectivity index (χ4v) is 0.933. The van der Waals surface area contributed by atoms with Crippen molar-refractivity contribution in [2.24, 2.45) is 0 Å². The van der Waals surface area contributed by atoms with Crippen LogP contribution in [0, 0.1) is 0 Å². The van der Waals surface area contributed by atoms with E-state index < -0.39 is 0 Å². The van der Waals surface area contributed by atoms with E-state index in [2.05, 4.69) is 25.8 Å². The van der Waals surface area contributed by atoms with Crippen molar-refractivity contribution in [1.29, 1.82) is 0 Å². The summed E-state index contributed by atoms with van der Waals surface area (Å²) in [6, 6.07) is 0. The average molecular weight is 176 g/mol. The molecular weight excluding hydrogens is 156 g/mol. The first-order valence-corrected chi connectivity index (χ1v) is 4.90. The zero-order valence-electron chi connectivity index (χ0n) is 8.90. The van der Waals surface area contributed by atoms with Gasteiger partial charge in [-0.1, -0.05) is 37.6 Å². The van der Waals surface area contributed by atoms with Crippen LogP contribution in [0.3, 0.4) is 0 Å². The van der Waals surface area contributed by atoms with E-state index in [1.54, 1.807) is 0 Å². The maximum atomic E-state index is 4.00. The molecule has 0 aliphatic carbocycles. The second-order valence-corrected chi connectivity index (χ2v) is 3.42. The molecule has 0 atom stereocenters. The molecule has 0 N–H and O–H groups in total. The lowest BCUT2D eigenvalue weighted by molar-refractivity contribution is 0.778. The van der Waals surface area contributed by atoms with Gasteiger partial charge in [0.25, 0.3) is 0 Å². The summed E-state index contributed by atoms with van der Waals surface area (Å²) in [5.74, 6) is 0. The Morgan fingerprint density at radius 1 is 1.38 bits per heavy atom. The number of unbranched alkanes of at least 4 members (excludes halogenated alkanes) is 1. The molecule has 0 aliphatic rings. The number of hydrogen-bond donors (Lipinski definition) is 0. The fraction of sp³-hybridized carbons (Fsp3) is 0.462. The highest BCUT2D eigenvalue weighted by Crippen LogP contribution is 2.08. The van der Waals surface area contributed by atoms with Gasteiger partial charge in [0.2, 0.25) is 0 Å². The third-order valence-corrected chi connectivity index (χ3v) is 1.72. The minimum Gasteiger partial charge on any atom is -0.125 e. The van der Waals surface area contributed by atoms with Crippen LogP contribution < -0.4 is 0 Å². The molecule has 0 aromatic heterocycles. The van der Waals surface area contributed by atoms with Gasteiger partial charge in [-0.25, -0.2) is 0 Å². The van der Waals surface area contributed by atoms with Crippen LogP contribution in [-0.4, -0.2) is 0 Å². The molecule has 0 amide bonds. The van der Waals surface area contributed by atoms with Crippen molar-refractivity contribution in [3.8, 4) is 0 Å². The highest BCUT2D eigenvalue weighted by atomic mass is 13.9. The van der Waals surface area contributed by atoms with E-state index in [0.717, 1.165) is 18.4 Å². The smallest absolute Gasteiger partial charge is 0.00653 e. The number of hydrogen-bond acceptors (Lipinski definition) is 0. The molecule has 0 saturated carbocycles. The zero-order chi connectivity index (χ0) is 10.1. The molecule has 0 rings (SSSR count). The van der Waals surface area contributed by atoms with Crippen LogP contribution in [0.2, 0.25) is 0 Å². The molecule has 0 bridgehead atoms. The van der Waals surface area contributed by atoms with Gasteiger partial charge in [0, 0.05) is 0 Å². The highest BCUT2D eigenvalue weighted by molar-refractivity contribution is 5.12. The van der Waals surface area contributed by atoms with Gasteiger partial charge in [-0.15, -0.1) is 5.73 Å². The Morgan fingerprint density at radius 2 is 2.08 bits per heavy atom. The Bertz CT molecular complexity index is 224. The molecule has 0 aromatic carbocycles. The van der Waals surface area contributed by atoms with Crippen LogP contribution in [0.25, 0.3) is 0 Å². The van der Waals surface area contributed by atoms with Gasteiger partial charge in [-0.05, 0) is 38.3 Å². The lowest BCUT2D eigenvalue weighted by atomic mass is 10.1. The predicted octanol–water partition coefficient (Wildman–Crippen LogP) is 4.41. The molecule has 0 heterocycles. The first-order chi connectivity index (χ1) is 6.16. The monoisotopic (exact) mass is 176 g/mol. The van der Waals surface area contributed by atoms with Crippen LogP contribution in [0.4, 0.5) is 0 Å². The van der Waals surface area contributed by atoms with Crippen molar-refractivity contribution < 1.29 is 0 Å². The molecule has 0 spiro atoms. The van der Waals surface area contributed by atoms with Gasteiger partial charge in [-0.3, -0.25) is 0 Å². The van der Waals surface area contributed by atoms with Crippen LogP contribution in [0.15, 0.2) is 42.2 Å². The molecule has 0 nitrogen and oxygen atoms in total. The third kappa shape index (κ3) is 8.91. The topological polar surface area (TPSA) is 0 Å². The summed E-state index contributed by atoms with van der Waals surface area (Å²) in [6.45, 7) is 11.9. The van der Waals surface area contributed by atoms with E-state index in [-0.39, 0.29) is 0 Å². The van der Waals surface area contributed by atoms with E-state index in [1.165, 1.54) is 18.4 Å². The van der Waals surface area contributed by atoms with Gasteiger partial charge >= 0.3 is 0 Å². The molecule has 13 heavy (non-hydrogen) atoms. The van der Waals surface area contributed by atoms with Crippen molar-refractivity contribution in [1.82, 2.24) is 0 Å². The minimum atomic E-state index is 0.948. The van der Waals surface area contributed by atoms with Gasteiger partial charge < -0.3 is 0 Å². The molecule has 0 unspecified atom stereocenters. The van der Waals surface area contributed by atoms with E-state index in [0.29, 0.717) is 0 Å². The number of allylic oxidation sites excluding steroid dienone is 3. The Hall–Kier alpha value is -1.00. The Balaban J connectivity index is 3.69. The van der Waals surface area contributed by atoms with E-state index >= 15 is 0 Å². The molecular formula is C13H20. The second kappa shape index (κ2) is 7.64. The average Bonchev–Trinajstić information content (AvgIpc) is 2.08. The zero-order valence-corrected chi connectivity index (χ0v) is 8.90. The maximum Gasteiger partial charge on any atom is -0.00653 e. The second-order valence-electron chi connectivity index (χ2n) is 3.42. The summed E-state index contributed by atoms with van der Waals surface area (Å²) in [5.41, 5.74) is 5.42. The molecule has 0 radical (unpaired) electrons. The van der Waals surface area contributed by atoms with Crippen molar-refractivity contribution in [2.45, 2.75) is 39.5 Å². The molecule has 0 heteroatoms. The summed E-state index contributed by atoms with van der Waals surface area (Å²) < 4.78 is 0. The fourth-order valence-electron chi connectivity index (χ4n) is 0.933. The lowest BCUT2D eigenvalue weighted by Crippen LogP contribution is -1.78. The van der Waals surface area contributed by atoms with Crippen molar-refractivity contribution in [3.63, 3.8) is 0 Å². The van der Waals surface area contributed by atoms with Gasteiger partial charge in [-0.2, -0.15) is 0 Å². The Labute approximate surface area is 82.4 Å². The van der Waals surface area contributed by atoms with E-state index in [4.69, 9.17) is 0 Å². The summed E-state index contributed by atoms with van der Waals surface area (Å²) in [5, 5.41) is 0. The highest BCUT2D eigenvalue weighted by Gasteiger charge is 1.89. The first-order valence-electron chi connectivity index (χ1n) is 4.90. The van der Waals surface area contributed by atoms with Crippen LogP contribution >= 0.6 is 0 Å². The molecule has 72 valence electrons. The Kier molecular flexibility index (Phi) is 7.05. The maximum absolute atomic E-state index is 4.00. The lowest BCUT2D eigenvalue weighted by Gasteiger charge is -1.98. The van der Waals surface area contributed by atoms with Gasteiger partial charge in [0.05, 0.1) is 0 Å². The van der Waals surface area contributed by atoms with Crippen molar-refractivity contribution in [2.75, 3.05) is 0 Å². The molecule has 0 saturated heterocycles. The van der Waals surface area contributed by atoms with Crippen LogP contribution in [0.1, 0.15) is 39.5 Å². The number of rotatable bonds is 6. The summed E-state index contributed by atoms with van der Waals surface area (Å²) in [4.78, 5) is 0. The van der Waals surface area contributed by atoms with Crippen molar-refractivity contribution >= 4 is 0 Å². The molecule has 0 aliphatic heterocycles. The van der Waals surface area contributed by atoms with Crippen LogP contribution in [0.5, 0.6) is 0 Å². The summed E-state index contributed by atoms with van der Waals surface area (Å²) in [6.07, 6.45) is 8.49. The van der Waals surface area contributed by atoms with Crippen molar-refractivity contribution in [3.05, 3.63) is 42.2 Å². The summed E-state index contributed by atoms with van der Waals surface area (Å²) >= 11 is 0. The molecule has 0 fully saturated rings. The van der Waals surface area contributed by atoms with E-state index in [9.17, 15) is 0 Å². The predicted molar refractivity (Wildman–Crippen MR) is 60.7 cm³/mol.